The van der Waals surface area contributed by atoms with Gasteiger partial charge < -0.3 is 5.32 Å². The Kier molecular flexibility index (Phi) is 4.03. The van der Waals surface area contributed by atoms with Crippen molar-refractivity contribution in [1.82, 2.24) is 14.3 Å². The molecule has 0 atom stereocenters. The van der Waals surface area contributed by atoms with Gasteiger partial charge in [0.05, 0.1) is 6.54 Å². The summed E-state index contributed by atoms with van der Waals surface area (Å²) in [7, 11) is 0. The lowest BCUT2D eigenvalue weighted by atomic mass is 10.3. The molecule has 136 valence electrons. The van der Waals surface area contributed by atoms with E-state index in [2.05, 4.69) is 10.3 Å². The number of hydrogen-bond acceptors (Lipinski definition) is 4. The third-order valence-electron chi connectivity index (χ3n) is 4.13. The Balaban J connectivity index is 1.57. The summed E-state index contributed by atoms with van der Waals surface area (Å²) in [5.74, 6) is -0.654. The molecule has 27 heavy (non-hydrogen) atoms. The molecular weight excluding hydrogens is 353 g/mol. The molecule has 3 aromatic rings. The molecule has 2 aromatic carbocycles. The molecule has 1 aliphatic heterocycles. The number of aromatic nitrogens is 3. The number of anilines is 2. The van der Waals surface area contributed by atoms with Crippen LogP contribution in [0, 0.1) is 5.82 Å². The molecule has 1 aliphatic rings. The lowest BCUT2D eigenvalue weighted by molar-refractivity contribution is -0.117. The zero-order valence-electron chi connectivity index (χ0n) is 14.0. The summed E-state index contributed by atoms with van der Waals surface area (Å²) in [6.07, 6.45) is 0. The molecule has 0 saturated heterocycles. The molecule has 4 rings (SSSR count). The van der Waals surface area contributed by atoms with Crippen molar-refractivity contribution in [2.24, 2.45) is 0 Å². The largest absolute Gasteiger partial charge is 0.365 e. The van der Waals surface area contributed by atoms with Crippen molar-refractivity contribution in [3.05, 3.63) is 76.7 Å². The zero-order chi connectivity index (χ0) is 19.0. The molecule has 2 heterocycles. The first-order valence-corrected chi connectivity index (χ1v) is 8.14. The number of halogens is 1. The summed E-state index contributed by atoms with van der Waals surface area (Å²) in [5.41, 5.74) is 0.371. The number of para-hydroxylation sites is 1. The number of benzene rings is 2. The normalized spacial score (nSPS) is 12.9. The Labute approximate surface area is 152 Å². The summed E-state index contributed by atoms with van der Waals surface area (Å²) in [6.45, 7) is -0.295. The van der Waals surface area contributed by atoms with Crippen molar-refractivity contribution >= 4 is 23.3 Å². The fourth-order valence-corrected chi connectivity index (χ4v) is 2.90. The van der Waals surface area contributed by atoms with Crippen LogP contribution >= 0.6 is 0 Å². The number of nitrogens with zero attached hydrogens (tertiary/aromatic N) is 4. The predicted octanol–water partition coefficient (Wildman–Crippen LogP) is 1.81. The molecule has 0 aliphatic carbocycles. The molecule has 8 nitrogen and oxygen atoms in total. The van der Waals surface area contributed by atoms with E-state index >= 15 is 0 Å². The minimum Gasteiger partial charge on any atom is -0.324 e. The van der Waals surface area contributed by atoms with Crippen LogP contribution in [0.2, 0.25) is 0 Å². The molecule has 0 saturated carbocycles. The molecule has 0 bridgehead atoms. The summed E-state index contributed by atoms with van der Waals surface area (Å²) in [4.78, 5) is 42.3. The minimum atomic E-state index is -0.680. The number of carbonyl (C=O) groups excluding carboxylic acids is 2. The van der Waals surface area contributed by atoms with Crippen LogP contribution in [0.4, 0.5) is 20.6 Å². The maximum Gasteiger partial charge on any atom is 0.365 e. The van der Waals surface area contributed by atoms with Crippen molar-refractivity contribution < 1.29 is 14.0 Å². The van der Waals surface area contributed by atoms with Crippen molar-refractivity contribution in [3.8, 4) is 0 Å². The Hall–Kier alpha value is -3.75. The van der Waals surface area contributed by atoms with Crippen molar-refractivity contribution in [1.29, 1.82) is 0 Å². The van der Waals surface area contributed by atoms with Crippen molar-refractivity contribution in [2.45, 2.75) is 13.1 Å². The highest BCUT2D eigenvalue weighted by atomic mass is 19.1. The number of rotatable bonds is 4. The third-order valence-corrected chi connectivity index (χ3v) is 4.13. The summed E-state index contributed by atoms with van der Waals surface area (Å²) in [5, 5.41) is 2.66. The fourth-order valence-electron chi connectivity index (χ4n) is 2.90. The summed E-state index contributed by atoms with van der Waals surface area (Å²) >= 11 is 0. The maximum atomic E-state index is 13.1. The molecular formula is C18H14FN5O3. The second-order valence-corrected chi connectivity index (χ2v) is 5.94. The second kappa shape index (κ2) is 6.52. The molecule has 0 unspecified atom stereocenters. The first-order chi connectivity index (χ1) is 13.0. The maximum absolute atomic E-state index is 13.1. The highest BCUT2D eigenvalue weighted by Gasteiger charge is 2.33. The van der Waals surface area contributed by atoms with Crippen LogP contribution in [0.3, 0.4) is 0 Å². The summed E-state index contributed by atoms with van der Waals surface area (Å²) in [6, 6.07) is 13.6. The molecule has 0 spiro atoms. The third kappa shape index (κ3) is 3.10. The lowest BCUT2D eigenvalue weighted by Crippen LogP contribution is -2.36. The number of carbonyl (C=O) groups is 2. The SMILES string of the molecule is O=C(Cn1c(=O)nc2n1C(=O)N(c1ccc(F)cc1)C2)Nc1ccccc1. The Bertz CT molecular complexity index is 1070. The average Bonchev–Trinajstić information content (AvgIpc) is 3.13. The van der Waals surface area contributed by atoms with Gasteiger partial charge in [-0.25, -0.2) is 18.7 Å². The van der Waals surface area contributed by atoms with E-state index in [1.54, 1.807) is 24.3 Å². The highest BCUT2D eigenvalue weighted by Crippen LogP contribution is 2.23. The van der Waals surface area contributed by atoms with Crippen molar-refractivity contribution in [3.63, 3.8) is 0 Å². The Morgan fingerprint density at radius 2 is 1.78 bits per heavy atom. The number of amides is 2. The van der Waals surface area contributed by atoms with Gasteiger partial charge in [-0.05, 0) is 36.4 Å². The molecule has 1 aromatic heterocycles. The van der Waals surface area contributed by atoms with Crippen LogP contribution in [-0.2, 0) is 17.9 Å². The van der Waals surface area contributed by atoms with E-state index in [0.717, 1.165) is 9.36 Å². The highest BCUT2D eigenvalue weighted by molar-refractivity contribution is 5.96. The average molecular weight is 367 g/mol. The van der Waals surface area contributed by atoms with Crippen LogP contribution < -0.4 is 15.9 Å². The lowest BCUT2D eigenvalue weighted by Gasteiger charge is -2.15. The van der Waals surface area contributed by atoms with Crippen molar-refractivity contribution in [2.75, 3.05) is 10.2 Å². The number of fused-ring (bicyclic) bond motifs is 1. The smallest absolute Gasteiger partial charge is 0.324 e. The first kappa shape index (κ1) is 16.7. The standard InChI is InChI=1S/C18H14FN5O3/c19-12-6-8-14(9-7-12)22-10-15-21-17(26)23(24(15)18(22)27)11-16(25)20-13-4-2-1-3-5-13/h1-9H,10-11H2,(H,20,25). The van der Waals surface area contributed by atoms with E-state index in [1.165, 1.54) is 29.2 Å². The van der Waals surface area contributed by atoms with Gasteiger partial charge in [-0.3, -0.25) is 9.69 Å². The van der Waals surface area contributed by atoms with E-state index in [1.807, 2.05) is 6.07 Å². The fraction of sp³-hybridized carbons (Fsp3) is 0.111. The van der Waals surface area contributed by atoms with Gasteiger partial charge in [0.2, 0.25) is 5.91 Å². The molecule has 9 heteroatoms. The van der Waals surface area contributed by atoms with E-state index in [4.69, 9.17) is 0 Å². The summed E-state index contributed by atoms with van der Waals surface area (Å²) < 4.78 is 15.2. The molecule has 1 N–H and O–H groups in total. The van der Waals surface area contributed by atoms with Gasteiger partial charge in [-0.2, -0.15) is 9.67 Å². The van der Waals surface area contributed by atoms with Crippen LogP contribution in [0.1, 0.15) is 5.82 Å². The van der Waals surface area contributed by atoms with Crippen LogP contribution in [0.25, 0.3) is 0 Å². The van der Waals surface area contributed by atoms with Gasteiger partial charge in [-0.1, -0.05) is 18.2 Å². The van der Waals surface area contributed by atoms with E-state index < -0.39 is 23.4 Å². The molecule has 0 fully saturated rings. The van der Waals surface area contributed by atoms with Crippen LogP contribution in [0.5, 0.6) is 0 Å². The topological polar surface area (TPSA) is 89.2 Å². The Morgan fingerprint density at radius 3 is 2.48 bits per heavy atom. The monoisotopic (exact) mass is 367 g/mol. The number of hydrogen-bond donors (Lipinski definition) is 1. The zero-order valence-corrected chi connectivity index (χ0v) is 14.0. The quantitative estimate of drug-likeness (QED) is 0.762. The minimum absolute atomic E-state index is 0.0625. The van der Waals surface area contributed by atoms with Gasteiger partial charge in [0, 0.05) is 11.4 Å². The van der Waals surface area contributed by atoms with Gasteiger partial charge in [0.15, 0.2) is 5.82 Å². The number of nitrogens with one attached hydrogen (secondary N) is 1. The van der Waals surface area contributed by atoms with E-state index in [0.29, 0.717) is 11.4 Å². The molecule has 0 radical (unpaired) electrons. The van der Waals surface area contributed by atoms with Gasteiger partial charge in [-0.15, -0.1) is 0 Å². The first-order valence-electron chi connectivity index (χ1n) is 8.14. The second-order valence-electron chi connectivity index (χ2n) is 5.94. The molecule has 2 amide bonds. The van der Waals surface area contributed by atoms with Crippen LogP contribution in [0.15, 0.2) is 59.4 Å². The van der Waals surface area contributed by atoms with Gasteiger partial charge >= 0.3 is 11.7 Å². The van der Waals surface area contributed by atoms with Gasteiger partial charge in [0.1, 0.15) is 12.4 Å². The van der Waals surface area contributed by atoms with E-state index in [9.17, 15) is 18.8 Å². The van der Waals surface area contributed by atoms with Gasteiger partial charge in [0.25, 0.3) is 0 Å². The van der Waals surface area contributed by atoms with E-state index in [-0.39, 0.29) is 18.9 Å². The van der Waals surface area contributed by atoms with Crippen LogP contribution in [-0.4, -0.2) is 26.3 Å². The predicted molar refractivity (Wildman–Crippen MR) is 94.9 cm³/mol. The Morgan fingerprint density at radius 1 is 1.07 bits per heavy atom.